The molecule has 0 bridgehead atoms. The van der Waals surface area contributed by atoms with Gasteiger partial charge in [-0.15, -0.1) is 11.3 Å². The Morgan fingerprint density at radius 2 is 1.97 bits per heavy atom. The maximum absolute atomic E-state index is 11.1. The lowest BCUT2D eigenvalue weighted by Gasteiger charge is -1.97. The number of fused-ring (bicyclic) bond motifs is 1. The summed E-state index contributed by atoms with van der Waals surface area (Å²) in [5.74, 6) is 0.398. The number of anilines is 1. The van der Waals surface area contributed by atoms with Gasteiger partial charge in [-0.2, -0.15) is 0 Å². The molecule has 4 rings (SSSR count). The number of oxazole rings is 1. The van der Waals surface area contributed by atoms with E-state index in [1.54, 1.807) is 49.1 Å². The Morgan fingerprint density at radius 1 is 1.21 bits per heavy atom. The Balaban J connectivity index is 0.000000166. The molecule has 0 spiro atoms. The number of allylic oxidation sites excluding steroid dienone is 1. The van der Waals surface area contributed by atoms with E-state index < -0.39 is 5.91 Å². The third kappa shape index (κ3) is 5.22. The van der Waals surface area contributed by atoms with E-state index in [1.165, 1.54) is 11.3 Å². The molecule has 0 fully saturated rings. The van der Waals surface area contributed by atoms with Gasteiger partial charge in [0.25, 0.3) is 5.91 Å². The highest BCUT2D eigenvalue weighted by Crippen LogP contribution is 2.27. The Hall–Kier alpha value is -3.62. The lowest BCUT2D eigenvalue weighted by atomic mass is 10.1. The van der Waals surface area contributed by atoms with Gasteiger partial charge in [0.05, 0.1) is 16.8 Å². The number of aliphatic hydroxyl groups excluding tert-OH is 1. The van der Waals surface area contributed by atoms with Crippen LogP contribution in [-0.2, 0) is 0 Å². The average molecular weight is 409 g/mol. The normalized spacial score (nSPS) is 11.0. The van der Waals surface area contributed by atoms with Gasteiger partial charge in [0.2, 0.25) is 5.89 Å². The quantitative estimate of drug-likeness (QED) is 0.166. The summed E-state index contributed by atoms with van der Waals surface area (Å²) < 4.78 is 6.13. The minimum Gasteiger partial charge on any atom is -0.513 e. The van der Waals surface area contributed by atoms with Crippen molar-refractivity contribution in [2.24, 2.45) is 0 Å². The molecule has 4 aromatic rings. The van der Waals surface area contributed by atoms with Crippen LogP contribution in [0.1, 0.15) is 22.2 Å². The second-order valence-corrected chi connectivity index (χ2v) is 7.18. The van der Waals surface area contributed by atoms with Crippen LogP contribution in [0.3, 0.4) is 0 Å². The Morgan fingerprint density at radius 3 is 2.59 bits per heavy atom. The van der Waals surface area contributed by atoms with Crippen molar-refractivity contribution in [1.82, 2.24) is 10.5 Å². The molecule has 0 saturated heterocycles. The Labute approximate surface area is 170 Å². The number of thiophene rings is 1. The summed E-state index contributed by atoms with van der Waals surface area (Å²) in [5, 5.41) is 18.5. The van der Waals surface area contributed by atoms with Gasteiger partial charge < -0.3 is 15.3 Å². The van der Waals surface area contributed by atoms with Crippen molar-refractivity contribution in [1.29, 1.82) is 0 Å². The predicted molar refractivity (Wildman–Crippen MR) is 114 cm³/mol. The van der Waals surface area contributed by atoms with Crippen LogP contribution in [0.5, 0.6) is 0 Å². The largest absolute Gasteiger partial charge is 0.513 e. The molecular weight excluding hydrogens is 390 g/mol. The van der Waals surface area contributed by atoms with E-state index in [0.717, 1.165) is 21.2 Å². The molecule has 8 heteroatoms. The molecule has 148 valence electrons. The third-order valence-electron chi connectivity index (χ3n) is 3.83. The smallest absolute Gasteiger partial charge is 0.284 e. The molecule has 0 unspecified atom stereocenters. The summed E-state index contributed by atoms with van der Waals surface area (Å²) in [6.07, 6.45) is 4.85. The number of nitrogens with zero attached hydrogens (tertiary/aromatic N) is 1. The van der Waals surface area contributed by atoms with Crippen LogP contribution in [0.4, 0.5) is 5.69 Å². The van der Waals surface area contributed by atoms with Gasteiger partial charge in [0.15, 0.2) is 0 Å². The van der Waals surface area contributed by atoms with Crippen LogP contribution >= 0.6 is 11.3 Å². The van der Waals surface area contributed by atoms with E-state index in [2.05, 4.69) is 4.98 Å². The van der Waals surface area contributed by atoms with Crippen LogP contribution in [0.2, 0.25) is 0 Å². The van der Waals surface area contributed by atoms with E-state index in [4.69, 9.17) is 20.5 Å². The van der Waals surface area contributed by atoms with Gasteiger partial charge >= 0.3 is 0 Å². The van der Waals surface area contributed by atoms with E-state index in [9.17, 15) is 4.79 Å². The molecule has 0 aliphatic heterocycles. The van der Waals surface area contributed by atoms with Gasteiger partial charge in [-0.25, -0.2) is 10.5 Å². The van der Waals surface area contributed by atoms with Crippen LogP contribution < -0.4 is 11.2 Å². The molecule has 2 aromatic carbocycles. The number of nitrogens with two attached hydrogens (primary N) is 1. The van der Waals surface area contributed by atoms with Crippen LogP contribution in [0.25, 0.3) is 27.6 Å². The highest BCUT2D eigenvalue weighted by atomic mass is 32.1. The zero-order valence-corrected chi connectivity index (χ0v) is 16.3. The molecule has 7 nitrogen and oxygen atoms in total. The summed E-state index contributed by atoms with van der Waals surface area (Å²) in [6, 6.07) is 14.7. The zero-order chi connectivity index (χ0) is 20.8. The van der Waals surface area contributed by atoms with Crippen LogP contribution in [0, 0.1) is 0 Å². The van der Waals surface area contributed by atoms with Crippen molar-refractivity contribution < 1.29 is 19.5 Å². The molecule has 29 heavy (non-hydrogen) atoms. The first-order valence-electron chi connectivity index (χ1n) is 8.57. The first kappa shape index (κ1) is 20.1. The summed E-state index contributed by atoms with van der Waals surface area (Å²) in [7, 11) is 0. The lowest BCUT2D eigenvalue weighted by molar-refractivity contribution is 0.0711. The van der Waals surface area contributed by atoms with Gasteiger partial charge in [-0.3, -0.25) is 10.0 Å². The molecule has 2 aromatic heterocycles. The molecule has 0 atom stereocenters. The van der Waals surface area contributed by atoms with Gasteiger partial charge in [0.1, 0.15) is 6.26 Å². The summed E-state index contributed by atoms with van der Waals surface area (Å²) in [4.78, 5) is 15.6. The second-order valence-electron chi connectivity index (χ2n) is 6.09. The zero-order valence-electron chi connectivity index (χ0n) is 15.5. The molecule has 2 heterocycles. The number of aromatic nitrogens is 1. The number of hydrogen-bond acceptors (Lipinski definition) is 7. The van der Waals surface area contributed by atoms with Crippen molar-refractivity contribution in [2.45, 2.75) is 6.92 Å². The van der Waals surface area contributed by atoms with Crippen LogP contribution in [-0.4, -0.2) is 21.2 Å². The number of rotatable bonds is 3. The summed E-state index contributed by atoms with van der Waals surface area (Å²) >= 11 is 1.31. The van der Waals surface area contributed by atoms with Crippen LogP contribution in [0.15, 0.2) is 71.2 Å². The summed E-state index contributed by atoms with van der Waals surface area (Å²) in [6.45, 7) is 1.64. The maximum Gasteiger partial charge on any atom is 0.284 e. The van der Waals surface area contributed by atoms with Crippen molar-refractivity contribution in [3.63, 3.8) is 0 Å². The van der Waals surface area contributed by atoms with E-state index in [0.29, 0.717) is 22.2 Å². The van der Waals surface area contributed by atoms with Crippen molar-refractivity contribution in [2.75, 3.05) is 5.73 Å². The first-order valence-corrected chi connectivity index (χ1v) is 9.38. The molecule has 0 aliphatic rings. The molecule has 1 amide bonds. The minimum atomic E-state index is -0.496. The number of hydroxylamine groups is 1. The molecular formula is C21H19N3O4S. The standard InChI is InChI=1S/C12H11NO2.C9H8N2O2S/c1-9(14)8-10-2-4-11(5-3-10)12-13-6-7-15-12;10-6-1-2-7-5(3-6)4-8(14-7)9(12)11-13/h2-8,14H,1H3;1-4,13H,10H2,(H,11,12)/b9-8+;. The van der Waals surface area contributed by atoms with Gasteiger partial charge in [0, 0.05) is 16.0 Å². The van der Waals surface area contributed by atoms with Gasteiger partial charge in [-0.05, 0) is 60.3 Å². The first-order chi connectivity index (χ1) is 14.0. The number of nitrogens with one attached hydrogen (secondary N) is 1. The van der Waals surface area contributed by atoms with E-state index >= 15 is 0 Å². The number of aliphatic hydroxyl groups is 1. The SMILES string of the molecule is C/C(O)=C\c1ccc(-c2ncco2)cc1.Nc1ccc2sc(C(=O)NO)cc2c1. The fourth-order valence-electron chi connectivity index (χ4n) is 2.56. The highest BCUT2D eigenvalue weighted by Gasteiger charge is 2.08. The maximum atomic E-state index is 11.1. The Bertz CT molecular complexity index is 1130. The summed E-state index contributed by atoms with van der Waals surface area (Å²) in [5.41, 5.74) is 9.73. The topological polar surface area (TPSA) is 122 Å². The lowest BCUT2D eigenvalue weighted by Crippen LogP contribution is -2.16. The number of nitrogen functional groups attached to an aromatic ring is 1. The van der Waals surface area contributed by atoms with Crippen molar-refractivity contribution in [3.05, 3.63) is 77.2 Å². The second kappa shape index (κ2) is 9.05. The number of hydrogen-bond donors (Lipinski definition) is 4. The molecule has 0 aliphatic carbocycles. The fourth-order valence-corrected chi connectivity index (χ4v) is 3.49. The number of carbonyl (C=O) groups excluding carboxylic acids is 1. The fraction of sp³-hybridized carbons (Fsp3) is 0.0476. The monoisotopic (exact) mass is 409 g/mol. The minimum absolute atomic E-state index is 0.291. The Kier molecular flexibility index (Phi) is 6.28. The number of amides is 1. The molecule has 5 N–H and O–H groups in total. The number of carbonyl (C=O) groups is 1. The predicted octanol–water partition coefficient (Wildman–Crippen LogP) is 4.86. The van der Waals surface area contributed by atoms with E-state index in [-0.39, 0.29) is 0 Å². The van der Waals surface area contributed by atoms with E-state index in [1.807, 2.05) is 30.3 Å². The van der Waals surface area contributed by atoms with Gasteiger partial charge in [-0.1, -0.05) is 12.1 Å². The van der Waals surface area contributed by atoms with Crippen molar-refractivity contribution in [3.8, 4) is 11.5 Å². The van der Waals surface area contributed by atoms with Crippen molar-refractivity contribution >= 4 is 39.1 Å². The molecule has 0 radical (unpaired) electrons. The molecule has 0 saturated carbocycles. The average Bonchev–Trinajstić information content (AvgIpc) is 3.37. The highest BCUT2D eigenvalue weighted by molar-refractivity contribution is 7.20. The number of benzene rings is 2. The third-order valence-corrected chi connectivity index (χ3v) is 4.95.